The summed E-state index contributed by atoms with van der Waals surface area (Å²) in [6, 6.07) is 7.77. The van der Waals surface area contributed by atoms with Crippen LogP contribution in [-0.2, 0) is 0 Å². The summed E-state index contributed by atoms with van der Waals surface area (Å²) in [5, 5.41) is 0. The predicted molar refractivity (Wildman–Crippen MR) is 59.1 cm³/mol. The molecule has 1 aromatic rings. The molecule has 0 heterocycles. The summed E-state index contributed by atoms with van der Waals surface area (Å²) in [4.78, 5) is 0. The summed E-state index contributed by atoms with van der Waals surface area (Å²) in [7, 11) is 1.66. The first-order valence-corrected chi connectivity index (χ1v) is 4.55. The van der Waals surface area contributed by atoms with Crippen molar-refractivity contribution in [3.8, 4) is 5.75 Å². The molecule has 0 aliphatic heterocycles. The van der Waals surface area contributed by atoms with Gasteiger partial charge in [-0.1, -0.05) is 51.1 Å². The molecule has 1 nitrogen and oxygen atoms in total. The molecule has 13 heavy (non-hydrogen) atoms. The van der Waals surface area contributed by atoms with Crippen LogP contribution in [0.5, 0.6) is 5.75 Å². The molecule has 0 saturated carbocycles. The topological polar surface area (TPSA) is 9.23 Å². The molecule has 0 aliphatic carbocycles. The van der Waals surface area contributed by atoms with Crippen molar-refractivity contribution in [3.63, 3.8) is 0 Å². The van der Waals surface area contributed by atoms with Crippen molar-refractivity contribution in [1.82, 2.24) is 0 Å². The van der Waals surface area contributed by atoms with Crippen molar-refractivity contribution in [2.75, 3.05) is 7.11 Å². The SMILES string of the molecule is C=Cc1ccccc1OC.CCC. The maximum Gasteiger partial charge on any atom is 0.126 e. The highest BCUT2D eigenvalue weighted by atomic mass is 16.5. The number of benzene rings is 1. The number of hydrogen-bond donors (Lipinski definition) is 0. The maximum atomic E-state index is 5.06. The average molecular weight is 178 g/mol. The Morgan fingerprint density at radius 1 is 1.31 bits per heavy atom. The monoisotopic (exact) mass is 178 g/mol. The molecule has 0 atom stereocenters. The van der Waals surface area contributed by atoms with E-state index in [1.165, 1.54) is 6.42 Å². The van der Waals surface area contributed by atoms with Crippen LogP contribution in [0.1, 0.15) is 25.8 Å². The molecule has 0 spiro atoms. The van der Waals surface area contributed by atoms with Gasteiger partial charge in [0.15, 0.2) is 0 Å². The first kappa shape index (κ1) is 11.8. The fraction of sp³-hybridized carbons (Fsp3) is 0.333. The lowest BCUT2D eigenvalue weighted by Crippen LogP contribution is -1.84. The molecule has 0 unspecified atom stereocenters. The highest BCUT2D eigenvalue weighted by molar-refractivity contribution is 5.55. The molecule has 1 rings (SSSR count). The Labute approximate surface area is 81.1 Å². The molecule has 0 aromatic heterocycles. The van der Waals surface area contributed by atoms with Crippen molar-refractivity contribution in [2.45, 2.75) is 20.3 Å². The van der Waals surface area contributed by atoms with E-state index in [1.807, 2.05) is 24.3 Å². The average Bonchev–Trinajstić information content (AvgIpc) is 2.19. The summed E-state index contributed by atoms with van der Waals surface area (Å²) in [6.07, 6.45) is 3.03. The molecule has 1 aromatic carbocycles. The zero-order chi connectivity index (χ0) is 10.1. The Kier molecular flexibility index (Phi) is 6.70. The van der Waals surface area contributed by atoms with Crippen LogP contribution in [0.3, 0.4) is 0 Å². The second-order valence-electron chi connectivity index (χ2n) is 2.65. The minimum atomic E-state index is 0.873. The largest absolute Gasteiger partial charge is 0.496 e. The fourth-order valence-corrected chi connectivity index (χ4v) is 0.835. The zero-order valence-corrected chi connectivity index (χ0v) is 8.71. The van der Waals surface area contributed by atoms with Crippen molar-refractivity contribution < 1.29 is 4.74 Å². The van der Waals surface area contributed by atoms with Crippen LogP contribution in [-0.4, -0.2) is 7.11 Å². The number of rotatable bonds is 2. The lowest BCUT2D eigenvalue weighted by atomic mass is 10.2. The van der Waals surface area contributed by atoms with E-state index < -0.39 is 0 Å². The highest BCUT2D eigenvalue weighted by Crippen LogP contribution is 2.17. The molecule has 0 bridgehead atoms. The van der Waals surface area contributed by atoms with Gasteiger partial charge in [-0.05, 0) is 6.07 Å². The molecule has 0 amide bonds. The van der Waals surface area contributed by atoms with Crippen LogP contribution in [0.25, 0.3) is 6.08 Å². The molecular weight excluding hydrogens is 160 g/mol. The van der Waals surface area contributed by atoms with Crippen LogP contribution >= 0.6 is 0 Å². The molecule has 0 fully saturated rings. The standard InChI is InChI=1S/C9H10O.C3H8/c1-3-8-6-4-5-7-9(8)10-2;1-3-2/h3-7H,1H2,2H3;3H2,1-2H3. The van der Waals surface area contributed by atoms with E-state index in [0.717, 1.165) is 11.3 Å². The molecule has 0 saturated heterocycles. The first-order chi connectivity index (χ1) is 6.29. The van der Waals surface area contributed by atoms with Crippen molar-refractivity contribution in [1.29, 1.82) is 0 Å². The zero-order valence-electron chi connectivity index (χ0n) is 8.71. The van der Waals surface area contributed by atoms with Gasteiger partial charge in [0.2, 0.25) is 0 Å². The number of para-hydroxylation sites is 1. The van der Waals surface area contributed by atoms with E-state index in [4.69, 9.17) is 4.74 Å². The molecule has 72 valence electrons. The Bertz CT molecular complexity index is 241. The van der Waals surface area contributed by atoms with Gasteiger partial charge in [-0.2, -0.15) is 0 Å². The Hall–Kier alpha value is -1.24. The lowest BCUT2D eigenvalue weighted by molar-refractivity contribution is 0.414. The molecular formula is C12H18O. The predicted octanol–water partition coefficient (Wildman–Crippen LogP) is 3.75. The smallest absolute Gasteiger partial charge is 0.126 e. The van der Waals surface area contributed by atoms with E-state index in [0.29, 0.717) is 0 Å². The summed E-state index contributed by atoms with van der Waals surface area (Å²) in [5.74, 6) is 0.873. The van der Waals surface area contributed by atoms with Gasteiger partial charge >= 0.3 is 0 Å². The van der Waals surface area contributed by atoms with Crippen LogP contribution in [0.2, 0.25) is 0 Å². The van der Waals surface area contributed by atoms with Gasteiger partial charge in [-0.15, -0.1) is 0 Å². The van der Waals surface area contributed by atoms with E-state index in [1.54, 1.807) is 13.2 Å². The minimum absolute atomic E-state index is 0.873. The lowest BCUT2D eigenvalue weighted by Gasteiger charge is -2.01. The van der Waals surface area contributed by atoms with Crippen LogP contribution in [0, 0.1) is 0 Å². The summed E-state index contributed by atoms with van der Waals surface area (Å²) >= 11 is 0. The first-order valence-electron chi connectivity index (χ1n) is 4.55. The van der Waals surface area contributed by atoms with Crippen LogP contribution in [0.15, 0.2) is 30.8 Å². The fourth-order valence-electron chi connectivity index (χ4n) is 0.835. The van der Waals surface area contributed by atoms with Crippen LogP contribution < -0.4 is 4.74 Å². The number of hydrogen-bond acceptors (Lipinski definition) is 1. The second-order valence-corrected chi connectivity index (χ2v) is 2.65. The van der Waals surface area contributed by atoms with Crippen molar-refractivity contribution in [2.24, 2.45) is 0 Å². The van der Waals surface area contributed by atoms with E-state index in [2.05, 4.69) is 20.4 Å². The number of ether oxygens (including phenoxy) is 1. The molecule has 0 N–H and O–H groups in total. The van der Waals surface area contributed by atoms with Crippen LogP contribution in [0.4, 0.5) is 0 Å². The van der Waals surface area contributed by atoms with Gasteiger partial charge in [0.05, 0.1) is 7.11 Å². The summed E-state index contributed by atoms with van der Waals surface area (Å²) in [5.41, 5.74) is 1.03. The minimum Gasteiger partial charge on any atom is -0.496 e. The van der Waals surface area contributed by atoms with Gasteiger partial charge in [0.25, 0.3) is 0 Å². The van der Waals surface area contributed by atoms with E-state index in [9.17, 15) is 0 Å². The Balaban J connectivity index is 0.000000424. The second kappa shape index (κ2) is 7.41. The summed E-state index contributed by atoms with van der Waals surface area (Å²) in [6.45, 7) is 7.91. The third-order valence-corrected chi connectivity index (χ3v) is 1.36. The molecule has 0 aliphatic rings. The summed E-state index contributed by atoms with van der Waals surface area (Å²) < 4.78 is 5.06. The number of methoxy groups -OCH3 is 1. The Morgan fingerprint density at radius 2 is 1.85 bits per heavy atom. The van der Waals surface area contributed by atoms with Gasteiger partial charge in [-0.25, -0.2) is 0 Å². The van der Waals surface area contributed by atoms with Gasteiger partial charge in [-0.3, -0.25) is 0 Å². The van der Waals surface area contributed by atoms with Gasteiger partial charge in [0, 0.05) is 5.56 Å². The van der Waals surface area contributed by atoms with Gasteiger partial charge < -0.3 is 4.74 Å². The third-order valence-electron chi connectivity index (χ3n) is 1.36. The third kappa shape index (κ3) is 4.36. The Morgan fingerprint density at radius 3 is 2.23 bits per heavy atom. The van der Waals surface area contributed by atoms with Crippen molar-refractivity contribution in [3.05, 3.63) is 36.4 Å². The van der Waals surface area contributed by atoms with Crippen molar-refractivity contribution >= 4 is 6.08 Å². The highest BCUT2D eigenvalue weighted by Gasteiger charge is 1.93. The maximum absolute atomic E-state index is 5.06. The van der Waals surface area contributed by atoms with E-state index in [-0.39, 0.29) is 0 Å². The van der Waals surface area contributed by atoms with E-state index >= 15 is 0 Å². The normalized spacial score (nSPS) is 8.23. The molecule has 0 radical (unpaired) electrons. The quantitative estimate of drug-likeness (QED) is 0.670. The molecule has 1 heteroatoms. The van der Waals surface area contributed by atoms with Gasteiger partial charge in [0.1, 0.15) is 5.75 Å².